The molecule has 0 fully saturated rings. The summed E-state index contributed by atoms with van der Waals surface area (Å²) in [5.74, 6) is -1.41. The van der Waals surface area contributed by atoms with Gasteiger partial charge in [-0.3, -0.25) is 0 Å². The summed E-state index contributed by atoms with van der Waals surface area (Å²) in [5.41, 5.74) is 2.96. The van der Waals surface area contributed by atoms with Gasteiger partial charge in [-0.05, 0) is 34.4 Å². The van der Waals surface area contributed by atoms with E-state index in [2.05, 4.69) is 0 Å². The smallest absolute Gasteiger partial charge is 0.339 e. The fourth-order valence-electron chi connectivity index (χ4n) is 4.01. The van der Waals surface area contributed by atoms with Gasteiger partial charge in [-0.25, -0.2) is 4.79 Å². The highest BCUT2D eigenvalue weighted by atomic mass is 16.4. The van der Waals surface area contributed by atoms with Crippen molar-refractivity contribution in [3.05, 3.63) is 137 Å². The molecule has 0 saturated carbocycles. The molecule has 0 unspecified atom stereocenters. The molecule has 29 heavy (non-hydrogen) atoms. The number of carboxylic acids is 1. The second-order valence-electron chi connectivity index (χ2n) is 6.89. The maximum atomic E-state index is 11.8. The van der Waals surface area contributed by atoms with Crippen LogP contribution in [0.25, 0.3) is 0 Å². The molecule has 4 aromatic rings. The lowest BCUT2D eigenvalue weighted by Crippen LogP contribution is -2.31. The first-order chi connectivity index (χ1) is 14.1. The largest absolute Gasteiger partial charge is 0.507 e. The molecule has 0 bridgehead atoms. The number of rotatable bonds is 5. The minimum Gasteiger partial charge on any atom is -0.507 e. The first kappa shape index (κ1) is 18.5. The third-order valence-electron chi connectivity index (χ3n) is 5.28. The molecule has 0 saturated heterocycles. The monoisotopic (exact) mass is 380 g/mol. The molecule has 0 aliphatic heterocycles. The second kappa shape index (κ2) is 7.64. The Hall–Kier alpha value is -3.85. The van der Waals surface area contributed by atoms with Gasteiger partial charge in [-0.2, -0.15) is 0 Å². The van der Waals surface area contributed by atoms with E-state index < -0.39 is 11.4 Å². The van der Waals surface area contributed by atoms with Gasteiger partial charge in [-0.1, -0.05) is 97.1 Å². The maximum Gasteiger partial charge on any atom is 0.339 e. The van der Waals surface area contributed by atoms with E-state index in [9.17, 15) is 15.0 Å². The molecule has 3 heteroatoms. The zero-order valence-corrected chi connectivity index (χ0v) is 15.7. The Balaban J connectivity index is 2.15. The number of carbonyl (C=O) groups is 1. The van der Waals surface area contributed by atoms with Gasteiger partial charge in [0.2, 0.25) is 0 Å². The highest BCUT2D eigenvalue weighted by Gasteiger charge is 2.38. The van der Waals surface area contributed by atoms with E-state index >= 15 is 0 Å². The van der Waals surface area contributed by atoms with E-state index in [1.165, 1.54) is 6.07 Å². The molecule has 3 nitrogen and oxygen atoms in total. The van der Waals surface area contributed by atoms with E-state index in [-0.39, 0.29) is 11.3 Å². The first-order valence-electron chi connectivity index (χ1n) is 9.37. The van der Waals surface area contributed by atoms with Crippen LogP contribution in [-0.4, -0.2) is 16.2 Å². The van der Waals surface area contributed by atoms with E-state index in [1.807, 2.05) is 91.0 Å². The Morgan fingerprint density at radius 1 is 0.586 bits per heavy atom. The van der Waals surface area contributed by atoms with Crippen LogP contribution < -0.4 is 0 Å². The number of hydrogen-bond acceptors (Lipinski definition) is 2. The van der Waals surface area contributed by atoms with Crippen molar-refractivity contribution < 1.29 is 15.0 Å². The lowest BCUT2D eigenvalue weighted by Gasteiger charge is -2.37. The summed E-state index contributed by atoms with van der Waals surface area (Å²) in [4.78, 5) is 11.8. The fourth-order valence-corrected chi connectivity index (χ4v) is 4.01. The number of aromatic carboxylic acids is 1. The summed E-state index contributed by atoms with van der Waals surface area (Å²) in [7, 11) is 0. The molecule has 2 N–H and O–H groups in total. The van der Waals surface area contributed by atoms with E-state index in [1.54, 1.807) is 12.1 Å². The molecule has 142 valence electrons. The average Bonchev–Trinajstić information content (AvgIpc) is 2.77. The minimum atomic E-state index is -1.16. The summed E-state index contributed by atoms with van der Waals surface area (Å²) < 4.78 is 0. The van der Waals surface area contributed by atoms with Crippen LogP contribution in [0.15, 0.2) is 109 Å². The van der Waals surface area contributed by atoms with Gasteiger partial charge in [-0.15, -0.1) is 0 Å². The zero-order chi connectivity index (χ0) is 20.3. The molecule has 0 spiro atoms. The molecule has 0 aliphatic rings. The Kier molecular flexibility index (Phi) is 4.88. The highest BCUT2D eigenvalue weighted by molar-refractivity contribution is 5.91. The molecule has 0 amide bonds. The highest BCUT2D eigenvalue weighted by Crippen LogP contribution is 2.45. The number of hydrogen-bond donors (Lipinski definition) is 2. The zero-order valence-electron chi connectivity index (χ0n) is 15.7. The van der Waals surface area contributed by atoms with Crippen molar-refractivity contribution in [2.24, 2.45) is 0 Å². The third-order valence-corrected chi connectivity index (χ3v) is 5.28. The summed E-state index contributed by atoms with van der Waals surface area (Å²) in [6.07, 6.45) is 0. The van der Waals surface area contributed by atoms with Crippen LogP contribution in [0.1, 0.15) is 32.6 Å². The van der Waals surface area contributed by atoms with Crippen LogP contribution in [0, 0.1) is 0 Å². The quantitative estimate of drug-likeness (QED) is 0.451. The standard InChI is InChI=1S/C26H20O3/c27-24-17-16-22(18-23(24)25(28)29)26(19-10-4-1-5-11-19,20-12-6-2-7-13-20)21-14-8-3-9-15-21/h1-18,27H,(H,28,29). The molecule has 0 aromatic heterocycles. The van der Waals surface area contributed by atoms with Crippen molar-refractivity contribution in [2.75, 3.05) is 0 Å². The SMILES string of the molecule is O=C(O)c1cc(C(c2ccccc2)(c2ccccc2)c2ccccc2)ccc1O. The van der Waals surface area contributed by atoms with E-state index in [0.29, 0.717) is 0 Å². The number of phenols is 1. The summed E-state index contributed by atoms with van der Waals surface area (Å²) in [6.45, 7) is 0. The lowest BCUT2D eigenvalue weighted by atomic mass is 9.65. The summed E-state index contributed by atoms with van der Waals surface area (Å²) >= 11 is 0. The van der Waals surface area contributed by atoms with Crippen LogP contribution in [-0.2, 0) is 5.41 Å². The number of benzene rings is 4. The van der Waals surface area contributed by atoms with Crippen LogP contribution >= 0.6 is 0 Å². The summed E-state index contributed by atoms with van der Waals surface area (Å²) in [6, 6.07) is 34.9. The van der Waals surface area contributed by atoms with Gasteiger partial charge in [0.15, 0.2) is 0 Å². The summed E-state index contributed by atoms with van der Waals surface area (Å²) in [5, 5.41) is 19.7. The molecule has 4 aromatic carbocycles. The maximum absolute atomic E-state index is 11.8. The Morgan fingerprint density at radius 3 is 1.38 bits per heavy atom. The van der Waals surface area contributed by atoms with Crippen molar-refractivity contribution in [2.45, 2.75) is 5.41 Å². The van der Waals surface area contributed by atoms with Gasteiger partial charge >= 0.3 is 5.97 Å². The Labute approximate surface area is 169 Å². The van der Waals surface area contributed by atoms with Crippen molar-refractivity contribution in [1.82, 2.24) is 0 Å². The fraction of sp³-hybridized carbons (Fsp3) is 0.0385. The van der Waals surface area contributed by atoms with Crippen LogP contribution in [0.4, 0.5) is 0 Å². The topological polar surface area (TPSA) is 57.5 Å². The van der Waals surface area contributed by atoms with Crippen LogP contribution in [0.3, 0.4) is 0 Å². The lowest BCUT2D eigenvalue weighted by molar-refractivity contribution is 0.0693. The molecule has 0 atom stereocenters. The molecular weight excluding hydrogens is 360 g/mol. The predicted molar refractivity (Wildman–Crippen MR) is 113 cm³/mol. The Bertz CT molecular complexity index is 1020. The molecular formula is C26H20O3. The first-order valence-corrected chi connectivity index (χ1v) is 9.37. The van der Waals surface area contributed by atoms with Crippen molar-refractivity contribution in [3.63, 3.8) is 0 Å². The third kappa shape index (κ3) is 3.17. The molecule has 0 aliphatic carbocycles. The van der Waals surface area contributed by atoms with Crippen molar-refractivity contribution in [1.29, 1.82) is 0 Å². The Morgan fingerprint density at radius 2 is 1.00 bits per heavy atom. The van der Waals surface area contributed by atoms with Gasteiger partial charge in [0, 0.05) is 0 Å². The van der Waals surface area contributed by atoms with E-state index in [0.717, 1.165) is 22.3 Å². The van der Waals surface area contributed by atoms with Crippen molar-refractivity contribution in [3.8, 4) is 5.75 Å². The molecule has 0 heterocycles. The number of carboxylic acid groups (broad SMARTS) is 1. The number of aromatic hydroxyl groups is 1. The normalized spacial score (nSPS) is 11.2. The van der Waals surface area contributed by atoms with Gasteiger partial charge in [0.25, 0.3) is 0 Å². The van der Waals surface area contributed by atoms with E-state index in [4.69, 9.17) is 0 Å². The second-order valence-corrected chi connectivity index (χ2v) is 6.89. The van der Waals surface area contributed by atoms with Crippen molar-refractivity contribution >= 4 is 5.97 Å². The van der Waals surface area contributed by atoms with Gasteiger partial charge < -0.3 is 10.2 Å². The van der Waals surface area contributed by atoms with Gasteiger partial charge in [0.1, 0.15) is 11.3 Å². The van der Waals surface area contributed by atoms with Gasteiger partial charge in [0.05, 0.1) is 5.41 Å². The molecule has 0 radical (unpaired) electrons. The average molecular weight is 380 g/mol. The van der Waals surface area contributed by atoms with Crippen LogP contribution in [0.2, 0.25) is 0 Å². The predicted octanol–water partition coefficient (Wildman–Crippen LogP) is 5.47. The minimum absolute atomic E-state index is 0.116. The molecule has 4 rings (SSSR count). The van der Waals surface area contributed by atoms with Crippen LogP contribution in [0.5, 0.6) is 5.75 Å².